The Morgan fingerprint density at radius 3 is 2.31 bits per heavy atom. The van der Waals surface area contributed by atoms with Gasteiger partial charge in [-0.25, -0.2) is 17.5 Å². The number of morpholine rings is 1. The number of hydrogen-bond donors (Lipinski definition) is 1. The molecule has 140 valence electrons. The molecular weight excluding hydrogens is 379 g/mol. The van der Waals surface area contributed by atoms with Crippen LogP contribution in [0.25, 0.3) is 0 Å². The predicted molar refractivity (Wildman–Crippen MR) is 98.2 cm³/mol. The van der Waals surface area contributed by atoms with E-state index in [9.17, 15) is 12.8 Å². The summed E-state index contributed by atoms with van der Waals surface area (Å²) in [4.78, 5) is 2.22. The quantitative estimate of drug-likeness (QED) is 0.812. The summed E-state index contributed by atoms with van der Waals surface area (Å²) in [6, 6.07) is 12.0. The van der Waals surface area contributed by atoms with E-state index in [1.807, 2.05) is 12.1 Å². The molecule has 1 fully saturated rings. The standard InChI is InChI=1S/C18H20ClFN2O3S/c19-15-3-1-14(2-4-15)18(22-9-11-25-12-10-22)13-21-26(23,24)17-7-5-16(20)6-8-17/h1-8,18,21H,9-13H2. The minimum Gasteiger partial charge on any atom is -0.379 e. The molecule has 5 nitrogen and oxygen atoms in total. The molecule has 3 rings (SSSR count). The van der Waals surface area contributed by atoms with Crippen LogP contribution in [-0.4, -0.2) is 46.2 Å². The predicted octanol–water partition coefficient (Wildman–Crippen LogP) is 2.83. The Bertz CT molecular complexity index is 823. The van der Waals surface area contributed by atoms with Crippen LogP contribution in [0, 0.1) is 5.82 Å². The van der Waals surface area contributed by atoms with Crippen LogP contribution >= 0.6 is 11.6 Å². The van der Waals surface area contributed by atoms with Gasteiger partial charge in [0, 0.05) is 30.7 Å². The van der Waals surface area contributed by atoms with Gasteiger partial charge in [-0.3, -0.25) is 4.90 Å². The van der Waals surface area contributed by atoms with E-state index >= 15 is 0 Å². The third-order valence-corrected chi connectivity index (χ3v) is 6.02. The zero-order valence-corrected chi connectivity index (χ0v) is 15.6. The van der Waals surface area contributed by atoms with Gasteiger partial charge in [-0.15, -0.1) is 0 Å². The monoisotopic (exact) mass is 398 g/mol. The van der Waals surface area contributed by atoms with Gasteiger partial charge in [0.25, 0.3) is 0 Å². The van der Waals surface area contributed by atoms with Crippen LogP contribution in [0.3, 0.4) is 0 Å². The van der Waals surface area contributed by atoms with Gasteiger partial charge in [0.1, 0.15) is 5.82 Å². The van der Waals surface area contributed by atoms with Crippen LogP contribution in [0.1, 0.15) is 11.6 Å². The second kappa shape index (κ2) is 8.45. The second-order valence-corrected chi connectivity index (χ2v) is 8.22. The summed E-state index contributed by atoms with van der Waals surface area (Å²) in [6.45, 7) is 2.84. The van der Waals surface area contributed by atoms with Gasteiger partial charge in [0.15, 0.2) is 0 Å². The lowest BCUT2D eigenvalue weighted by molar-refractivity contribution is 0.0172. The summed E-state index contributed by atoms with van der Waals surface area (Å²) in [7, 11) is -3.73. The molecule has 2 aromatic rings. The molecule has 1 atom stereocenters. The fraction of sp³-hybridized carbons (Fsp3) is 0.333. The van der Waals surface area contributed by atoms with Crippen molar-refractivity contribution >= 4 is 21.6 Å². The summed E-state index contributed by atoms with van der Waals surface area (Å²) in [5.74, 6) is -0.476. The van der Waals surface area contributed by atoms with E-state index in [4.69, 9.17) is 16.3 Å². The normalized spacial score (nSPS) is 17.2. The third-order valence-electron chi connectivity index (χ3n) is 4.33. The number of hydrogen-bond acceptors (Lipinski definition) is 4. The lowest BCUT2D eigenvalue weighted by Gasteiger charge is -2.35. The summed E-state index contributed by atoms with van der Waals surface area (Å²) in [5.41, 5.74) is 0.970. The topological polar surface area (TPSA) is 58.6 Å². The first-order valence-electron chi connectivity index (χ1n) is 8.28. The van der Waals surface area contributed by atoms with Gasteiger partial charge in [-0.05, 0) is 42.0 Å². The molecule has 0 radical (unpaired) electrons. The minimum absolute atomic E-state index is 0.0377. The highest BCUT2D eigenvalue weighted by Gasteiger charge is 2.25. The van der Waals surface area contributed by atoms with Crippen molar-refractivity contribution in [1.82, 2.24) is 9.62 Å². The molecule has 1 N–H and O–H groups in total. The maximum atomic E-state index is 13.0. The van der Waals surface area contributed by atoms with E-state index in [0.717, 1.165) is 17.7 Å². The van der Waals surface area contributed by atoms with E-state index < -0.39 is 15.8 Å². The van der Waals surface area contributed by atoms with E-state index in [-0.39, 0.29) is 17.5 Å². The van der Waals surface area contributed by atoms with Crippen LogP contribution in [0.5, 0.6) is 0 Å². The number of nitrogens with one attached hydrogen (secondary N) is 1. The molecule has 0 saturated carbocycles. The molecule has 1 aliphatic heterocycles. The van der Waals surface area contributed by atoms with Crippen LogP contribution in [-0.2, 0) is 14.8 Å². The molecule has 0 bridgehead atoms. The average Bonchev–Trinajstić information content (AvgIpc) is 2.64. The molecule has 0 aliphatic carbocycles. The Hall–Kier alpha value is -1.51. The average molecular weight is 399 g/mol. The molecule has 8 heteroatoms. The van der Waals surface area contributed by atoms with E-state index in [2.05, 4.69) is 9.62 Å². The first kappa shape index (κ1) is 19.3. The maximum absolute atomic E-state index is 13.0. The SMILES string of the molecule is O=S(=O)(NCC(c1ccc(Cl)cc1)N1CCOCC1)c1ccc(F)cc1. The van der Waals surface area contributed by atoms with Gasteiger partial charge >= 0.3 is 0 Å². The zero-order chi connectivity index (χ0) is 18.6. The number of nitrogens with zero attached hydrogens (tertiary/aromatic N) is 1. The van der Waals surface area contributed by atoms with E-state index in [1.165, 1.54) is 12.1 Å². The largest absolute Gasteiger partial charge is 0.379 e. The summed E-state index contributed by atoms with van der Waals surface area (Å²) < 4.78 is 46.1. The van der Waals surface area contributed by atoms with E-state index in [1.54, 1.807) is 12.1 Å². The number of sulfonamides is 1. The zero-order valence-electron chi connectivity index (χ0n) is 14.1. The van der Waals surface area contributed by atoms with Crippen molar-refractivity contribution in [3.05, 3.63) is 64.9 Å². The molecular formula is C18H20ClFN2O3S. The molecule has 2 aromatic carbocycles. The number of halogens is 2. The molecule has 0 aromatic heterocycles. The number of rotatable bonds is 6. The van der Waals surface area contributed by atoms with Gasteiger partial charge in [-0.2, -0.15) is 0 Å². The summed E-state index contributed by atoms with van der Waals surface area (Å²) in [6.07, 6.45) is 0. The fourth-order valence-electron chi connectivity index (χ4n) is 2.92. The smallest absolute Gasteiger partial charge is 0.240 e. The Morgan fingerprint density at radius 1 is 1.08 bits per heavy atom. The first-order valence-corrected chi connectivity index (χ1v) is 10.1. The highest BCUT2D eigenvalue weighted by atomic mass is 35.5. The van der Waals surface area contributed by atoms with Gasteiger partial charge in [0.05, 0.1) is 18.1 Å². The maximum Gasteiger partial charge on any atom is 0.240 e. The Kier molecular flexibility index (Phi) is 6.26. The Morgan fingerprint density at radius 2 is 1.69 bits per heavy atom. The molecule has 0 spiro atoms. The second-order valence-electron chi connectivity index (χ2n) is 6.02. The van der Waals surface area contributed by atoms with Crippen molar-refractivity contribution in [2.24, 2.45) is 0 Å². The minimum atomic E-state index is -3.73. The highest BCUT2D eigenvalue weighted by molar-refractivity contribution is 7.89. The van der Waals surface area contributed by atoms with Crippen molar-refractivity contribution in [2.75, 3.05) is 32.8 Å². The first-order chi connectivity index (χ1) is 12.5. The van der Waals surface area contributed by atoms with Crippen LogP contribution in [0.15, 0.2) is 53.4 Å². The Balaban J connectivity index is 1.78. The van der Waals surface area contributed by atoms with Crippen molar-refractivity contribution in [3.63, 3.8) is 0 Å². The van der Waals surface area contributed by atoms with Crippen molar-refractivity contribution in [1.29, 1.82) is 0 Å². The number of ether oxygens (including phenoxy) is 1. The highest BCUT2D eigenvalue weighted by Crippen LogP contribution is 2.23. The lowest BCUT2D eigenvalue weighted by atomic mass is 10.1. The molecule has 1 saturated heterocycles. The fourth-order valence-corrected chi connectivity index (χ4v) is 4.08. The molecule has 26 heavy (non-hydrogen) atoms. The van der Waals surface area contributed by atoms with Gasteiger partial charge in [-0.1, -0.05) is 23.7 Å². The molecule has 1 aliphatic rings. The lowest BCUT2D eigenvalue weighted by Crippen LogP contribution is -2.43. The van der Waals surface area contributed by atoms with Crippen molar-refractivity contribution in [2.45, 2.75) is 10.9 Å². The summed E-state index contributed by atoms with van der Waals surface area (Å²) >= 11 is 5.97. The molecule has 1 unspecified atom stereocenters. The third kappa shape index (κ3) is 4.81. The van der Waals surface area contributed by atoms with Gasteiger partial charge < -0.3 is 4.74 Å². The van der Waals surface area contributed by atoms with E-state index in [0.29, 0.717) is 31.3 Å². The van der Waals surface area contributed by atoms with Crippen molar-refractivity contribution < 1.29 is 17.5 Å². The van der Waals surface area contributed by atoms with Crippen LogP contribution in [0.4, 0.5) is 4.39 Å². The summed E-state index contributed by atoms with van der Waals surface area (Å²) in [5, 5.41) is 0.626. The molecule has 0 amide bonds. The van der Waals surface area contributed by atoms with Crippen molar-refractivity contribution in [3.8, 4) is 0 Å². The number of benzene rings is 2. The van der Waals surface area contributed by atoms with Gasteiger partial charge in [0.2, 0.25) is 10.0 Å². The molecule has 1 heterocycles. The van der Waals surface area contributed by atoms with Crippen LogP contribution < -0.4 is 4.72 Å². The Labute approximate surface area is 157 Å². The van der Waals surface area contributed by atoms with Crippen LogP contribution in [0.2, 0.25) is 5.02 Å².